The molecular formula is C14H17N3O2. The fraction of sp³-hybridized carbons (Fsp3) is 0.286. The minimum Gasteiger partial charge on any atom is -0.378 e. The maximum Gasteiger partial charge on any atom is 0.251 e. The second-order valence-corrected chi connectivity index (χ2v) is 4.44. The smallest absolute Gasteiger partial charge is 0.251 e. The molecule has 0 saturated carbocycles. The predicted octanol–water partition coefficient (Wildman–Crippen LogP) is 1.71. The molecule has 0 unspecified atom stereocenters. The van der Waals surface area contributed by atoms with Crippen molar-refractivity contribution in [3.8, 4) is 0 Å². The zero-order valence-corrected chi connectivity index (χ0v) is 11.1. The highest BCUT2D eigenvalue weighted by Crippen LogP contribution is 2.12. The van der Waals surface area contributed by atoms with E-state index in [1.807, 2.05) is 43.3 Å². The van der Waals surface area contributed by atoms with E-state index in [0.29, 0.717) is 18.5 Å². The van der Waals surface area contributed by atoms with E-state index in [2.05, 4.69) is 10.5 Å². The molecule has 0 aliphatic carbocycles. The van der Waals surface area contributed by atoms with Crippen molar-refractivity contribution in [1.29, 1.82) is 0 Å². The summed E-state index contributed by atoms with van der Waals surface area (Å²) < 4.78 is 4.72. The Morgan fingerprint density at radius 2 is 2.00 bits per heavy atom. The van der Waals surface area contributed by atoms with Gasteiger partial charge in [0.15, 0.2) is 0 Å². The van der Waals surface area contributed by atoms with Crippen LogP contribution in [0.15, 0.2) is 41.1 Å². The Kier molecular flexibility index (Phi) is 4.18. The van der Waals surface area contributed by atoms with Crippen molar-refractivity contribution in [3.63, 3.8) is 0 Å². The van der Waals surface area contributed by atoms with Gasteiger partial charge in [-0.05, 0) is 24.3 Å². The van der Waals surface area contributed by atoms with Crippen molar-refractivity contribution in [2.75, 3.05) is 25.5 Å². The second-order valence-electron chi connectivity index (χ2n) is 4.44. The third-order valence-corrected chi connectivity index (χ3v) is 2.80. The Morgan fingerprint density at radius 3 is 2.58 bits per heavy atom. The number of benzene rings is 1. The van der Waals surface area contributed by atoms with Crippen molar-refractivity contribution in [2.24, 2.45) is 0 Å². The van der Waals surface area contributed by atoms with E-state index in [4.69, 9.17) is 4.52 Å². The van der Waals surface area contributed by atoms with E-state index in [0.717, 1.165) is 11.4 Å². The van der Waals surface area contributed by atoms with Crippen LogP contribution in [0.1, 0.15) is 16.1 Å². The number of carbonyl (C=O) groups excluding carboxylic acids is 1. The largest absolute Gasteiger partial charge is 0.378 e. The van der Waals surface area contributed by atoms with Crippen molar-refractivity contribution < 1.29 is 9.32 Å². The number of nitrogens with one attached hydrogen (secondary N) is 1. The monoisotopic (exact) mass is 259 g/mol. The van der Waals surface area contributed by atoms with Crippen LogP contribution in [0.2, 0.25) is 0 Å². The van der Waals surface area contributed by atoms with Gasteiger partial charge in [-0.25, -0.2) is 0 Å². The first-order chi connectivity index (χ1) is 9.16. The van der Waals surface area contributed by atoms with Gasteiger partial charge in [-0.1, -0.05) is 5.16 Å². The van der Waals surface area contributed by atoms with E-state index >= 15 is 0 Å². The van der Waals surface area contributed by atoms with Crippen LogP contribution >= 0.6 is 0 Å². The Hall–Kier alpha value is -2.30. The zero-order chi connectivity index (χ0) is 13.7. The first kappa shape index (κ1) is 13.1. The van der Waals surface area contributed by atoms with Crippen molar-refractivity contribution in [3.05, 3.63) is 47.9 Å². The maximum atomic E-state index is 11.9. The number of aromatic nitrogens is 1. The van der Waals surface area contributed by atoms with Crippen LogP contribution in [0.5, 0.6) is 0 Å². The maximum absolute atomic E-state index is 11.9. The van der Waals surface area contributed by atoms with Gasteiger partial charge in [0.05, 0.1) is 5.69 Å². The van der Waals surface area contributed by atoms with Crippen LogP contribution in [0.25, 0.3) is 0 Å². The molecular weight excluding hydrogens is 242 g/mol. The number of carbonyl (C=O) groups is 1. The number of amides is 1. The van der Waals surface area contributed by atoms with Gasteiger partial charge in [-0.3, -0.25) is 4.79 Å². The molecule has 1 heterocycles. The lowest BCUT2D eigenvalue weighted by Gasteiger charge is -2.12. The van der Waals surface area contributed by atoms with Gasteiger partial charge in [0.25, 0.3) is 5.91 Å². The lowest BCUT2D eigenvalue weighted by atomic mass is 10.2. The lowest BCUT2D eigenvalue weighted by molar-refractivity contribution is 0.0954. The van der Waals surface area contributed by atoms with Crippen LogP contribution in [-0.4, -0.2) is 31.7 Å². The highest BCUT2D eigenvalue weighted by molar-refractivity contribution is 5.94. The summed E-state index contributed by atoms with van der Waals surface area (Å²) in [6.45, 7) is 0.542. The average molecular weight is 259 g/mol. The molecule has 0 radical (unpaired) electrons. The third kappa shape index (κ3) is 3.58. The Morgan fingerprint density at radius 1 is 1.26 bits per heavy atom. The van der Waals surface area contributed by atoms with Gasteiger partial charge in [-0.15, -0.1) is 0 Å². The molecule has 0 bridgehead atoms. The average Bonchev–Trinajstić information content (AvgIpc) is 2.92. The number of rotatable bonds is 5. The summed E-state index contributed by atoms with van der Waals surface area (Å²) in [5.41, 5.74) is 2.56. The summed E-state index contributed by atoms with van der Waals surface area (Å²) in [5.74, 6) is -0.0752. The van der Waals surface area contributed by atoms with Gasteiger partial charge in [0, 0.05) is 44.4 Å². The molecule has 5 heteroatoms. The van der Waals surface area contributed by atoms with Crippen LogP contribution in [0.3, 0.4) is 0 Å². The molecule has 2 aromatic rings. The molecule has 0 spiro atoms. The topological polar surface area (TPSA) is 58.4 Å². The quantitative estimate of drug-likeness (QED) is 0.888. The van der Waals surface area contributed by atoms with Crippen molar-refractivity contribution >= 4 is 11.6 Å². The van der Waals surface area contributed by atoms with Crippen LogP contribution in [0.4, 0.5) is 5.69 Å². The van der Waals surface area contributed by atoms with Crippen LogP contribution in [0, 0.1) is 0 Å². The molecule has 2 rings (SSSR count). The third-order valence-electron chi connectivity index (χ3n) is 2.80. The molecule has 19 heavy (non-hydrogen) atoms. The van der Waals surface area contributed by atoms with Crippen molar-refractivity contribution in [1.82, 2.24) is 10.5 Å². The van der Waals surface area contributed by atoms with E-state index < -0.39 is 0 Å². The Balaban J connectivity index is 1.85. The van der Waals surface area contributed by atoms with Gasteiger partial charge < -0.3 is 14.7 Å². The highest BCUT2D eigenvalue weighted by atomic mass is 16.5. The molecule has 5 nitrogen and oxygen atoms in total. The van der Waals surface area contributed by atoms with Crippen molar-refractivity contribution in [2.45, 2.75) is 6.42 Å². The second kappa shape index (κ2) is 6.04. The Labute approximate surface area is 112 Å². The number of anilines is 1. The van der Waals surface area contributed by atoms with Gasteiger partial charge in [0.1, 0.15) is 6.26 Å². The SMILES string of the molecule is CN(C)c1ccc(C(=O)NCCc2ccon2)cc1. The molecule has 0 atom stereocenters. The first-order valence-electron chi connectivity index (χ1n) is 6.11. The van der Waals surface area contributed by atoms with Gasteiger partial charge >= 0.3 is 0 Å². The minimum atomic E-state index is -0.0752. The molecule has 1 N–H and O–H groups in total. The van der Waals surface area contributed by atoms with Crippen LogP contribution < -0.4 is 10.2 Å². The number of hydrogen-bond acceptors (Lipinski definition) is 4. The summed E-state index contributed by atoms with van der Waals surface area (Å²) in [6, 6.07) is 9.28. The summed E-state index contributed by atoms with van der Waals surface area (Å²) in [6.07, 6.45) is 2.19. The van der Waals surface area contributed by atoms with Crippen LogP contribution in [-0.2, 0) is 6.42 Å². The fourth-order valence-corrected chi connectivity index (χ4v) is 1.68. The molecule has 0 aliphatic heterocycles. The highest BCUT2D eigenvalue weighted by Gasteiger charge is 2.05. The van der Waals surface area contributed by atoms with Gasteiger partial charge in [-0.2, -0.15) is 0 Å². The Bertz CT molecular complexity index is 518. The summed E-state index contributed by atoms with van der Waals surface area (Å²) in [4.78, 5) is 13.9. The summed E-state index contributed by atoms with van der Waals surface area (Å²) >= 11 is 0. The first-order valence-corrected chi connectivity index (χ1v) is 6.11. The molecule has 1 amide bonds. The standard InChI is InChI=1S/C14H17N3O2/c1-17(2)13-5-3-11(4-6-13)14(18)15-9-7-12-8-10-19-16-12/h3-6,8,10H,7,9H2,1-2H3,(H,15,18). The normalized spacial score (nSPS) is 10.2. The molecule has 0 aliphatic rings. The molecule has 1 aromatic heterocycles. The summed E-state index contributed by atoms with van der Waals surface area (Å²) in [7, 11) is 3.93. The lowest BCUT2D eigenvalue weighted by Crippen LogP contribution is -2.25. The molecule has 1 aromatic carbocycles. The summed E-state index contributed by atoms with van der Waals surface area (Å²) in [5, 5.41) is 6.64. The molecule has 0 saturated heterocycles. The van der Waals surface area contributed by atoms with Gasteiger partial charge in [0.2, 0.25) is 0 Å². The minimum absolute atomic E-state index is 0.0752. The number of nitrogens with zero attached hydrogens (tertiary/aromatic N) is 2. The van der Waals surface area contributed by atoms with E-state index in [-0.39, 0.29) is 5.91 Å². The zero-order valence-electron chi connectivity index (χ0n) is 11.1. The number of hydrogen-bond donors (Lipinski definition) is 1. The predicted molar refractivity (Wildman–Crippen MR) is 73.3 cm³/mol. The van der Waals surface area contributed by atoms with E-state index in [1.54, 1.807) is 6.07 Å². The van der Waals surface area contributed by atoms with E-state index in [1.165, 1.54) is 6.26 Å². The van der Waals surface area contributed by atoms with E-state index in [9.17, 15) is 4.79 Å². The molecule has 100 valence electrons. The fourth-order valence-electron chi connectivity index (χ4n) is 1.68. The molecule has 0 fully saturated rings.